The Morgan fingerprint density at radius 1 is 1.27 bits per heavy atom. The van der Waals surface area contributed by atoms with Gasteiger partial charge in [-0.05, 0) is 37.1 Å². The zero-order chi connectivity index (χ0) is 11.2. The summed E-state index contributed by atoms with van der Waals surface area (Å²) in [7, 11) is 1.71. The van der Waals surface area contributed by atoms with E-state index in [2.05, 4.69) is 15.4 Å². The molecule has 0 fully saturated rings. The fourth-order valence-corrected chi connectivity index (χ4v) is 1.82. The monoisotopic (exact) mass is 209 g/mol. The third-order valence-electron chi connectivity index (χ3n) is 3.05. The van der Waals surface area contributed by atoms with Gasteiger partial charge in [0.2, 0.25) is 0 Å². The number of aliphatic hydroxyl groups is 1. The van der Waals surface area contributed by atoms with Crippen LogP contribution in [0.4, 0.5) is 5.95 Å². The van der Waals surface area contributed by atoms with Crippen molar-refractivity contribution in [2.75, 3.05) is 4.90 Å². The predicted molar refractivity (Wildman–Crippen MR) is 55.1 cm³/mol. The van der Waals surface area contributed by atoms with Crippen LogP contribution in [0, 0.1) is 0 Å². The van der Waals surface area contributed by atoms with Gasteiger partial charge in [-0.15, -0.1) is 5.10 Å². The van der Waals surface area contributed by atoms with Gasteiger partial charge in [0, 0.05) is 0 Å². The molecule has 1 aliphatic heterocycles. The van der Waals surface area contributed by atoms with Gasteiger partial charge in [-0.3, -0.25) is 0 Å². The van der Waals surface area contributed by atoms with Crippen molar-refractivity contribution in [1.29, 1.82) is 0 Å². The van der Waals surface area contributed by atoms with Crippen LogP contribution in [0.1, 0.15) is 20.8 Å². The van der Waals surface area contributed by atoms with Crippen LogP contribution >= 0.6 is 0 Å². The van der Waals surface area contributed by atoms with E-state index in [0.717, 1.165) is 11.1 Å². The summed E-state index contributed by atoms with van der Waals surface area (Å²) in [6.07, 6.45) is -0.635. The lowest BCUT2D eigenvalue weighted by atomic mass is 10.1. The molecule has 2 unspecified atom stereocenters. The Morgan fingerprint density at radius 2 is 1.93 bits per heavy atom. The fraction of sp³-hybridized carbons (Fsp3) is 0.667. The van der Waals surface area contributed by atoms with Crippen molar-refractivity contribution in [1.82, 2.24) is 20.2 Å². The second kappa shape index (κ2) is 3.30. The zero-order valence-corrected chi connectivity index (χ0v) is 9.34. The second-order valence-corrected chi connectivity index (χ2v) is 3.90. The minimum atomic E-state index is -0.635. The Labute approximate surface area is 88.2 Å². The van der Waals surface area contributed by atoms with Gasteiger partial charge in [-0.25, -0.2) is 0 Å². The van der Waals surface area contributed by atoms with E-state index >= 15 is 0 Å². The summed E-state index contributed by atoms with van der Waals surface area (Å²) >= 11 is 0. The molecule has 2 heterocycles. The van der Waals surface area contributed by atoms with E-state index in [1.165, 1.54) is 4.80 Å². The van der Waals surface area contributed by atoms with Gasteiger partial charge < -0.3 is 10.0 Å². The van der Waals surface area contributed by atoms with Crippen LogP contribution in [0.5, 0.6) is 0 Å². The smallest absolute Gasteiger partial charge is 0.268 e. The van der Waals surface area contributed by atoms with E-state index in [9.17, 15) is 5.11 Å². The number of aryl methyl sites for hydroxylation is 1. The van der Waals surface area contributed by atoms with E-state index in [1.807, 2.05) is 20.8 Å². The third-order valence-corrected chi connectivity index (χ3v) is 3.05. The van der Waals surface area contributed by atoms with Crippen molar-refractivity contribution in [2.45, 2.75) is 33.0 Å². The molecule has 0 spiro atoms. The molecule has 6 heteroatoms. The number of aromatic nitrogens is 4. The Morgan fingerprint density at radius 3 is 2.33 bits per heavy atom. The van der Waals surface area contributed by atoms with Crippen LogP contribution in [0.25, 0.3) is 0 Å². The van der Waals surface area contributed by atoms with Crippen LogP contribution in [-0.2, 0) is 7.05 Å². The molecule has 1 aromatic heterocycles. The number of hydrogen-bond donors (Lipinski definition) is 1. The normalized spacial score (nSPS) is 26.6. The number of rotatable bonds is 1. The first kappa shape index (κ1) is 10.1. The van der Waals surface area contributed by atoms with E-state index in [1.54, 1.807) is 11.9 Å². The maximum atomic E-state index is 10.0. The summed E-state index contributed by atoms with van der Waals surface area (Å²) < 4.78 is 0. The molecular formula is C9H15N5O. The maximum Gasteiger partial charge on any atom is 0.268 e. The summed E-state index contributed by atoms with van der Waals surface area (Å²) in [5, 5.41) is 21.8. The Hall–Kier alpha value is -1.43. The van der Waals surface area contributed by atoms with E-state index in [-0.39, 0.29) is 6.04 Å². The predicted octanol–water partition coefficient (Wildman–Crippen LogP) is 0.0734. The maximum absolute atomic E-state index is 10.0. The number of aliphatic hydroxyl groups excluding tert-OH is 1. The molecule has 1 N–H and O–H groups in total. The molecule has 6 nitrogen and oxygen atoms in total. The molecule has 82 valence electrons. The highest BCUT2D eigenvalue weighted by molar-refractivity contribution is 5.45. The molecule has 15 heavy (non-hydrogen) atoms. The lowest BCUT2D eigenvalue weighted by molar-refractivity contribution is 0.208. The number of hydrogen-bond acceptors (Lipinski definition) is 5. The molecule has 1 aromatic rings. The van der Waals surface area contributed by atoms with Crippen LogP contribution in [0.15, 0.2) is 11.1 Å². The Kier molecular flexibility index (Phi) is 2.22. The summed E-state index contributed by atoms with van der Waals surface area (Å²) in [5.74, 6) is 0.466. The van der Waals surface area contributed by atoms with E-state index in [4.69, 9.17) is 0 Å². The van der Waals surface area contributed by atoms with Crippen molar-refractivity contribution >= 4 is 5.95 Å². The Bertz CT molecular complexity index is 392. The highest BCUT2D eigenvalue weighted by atomic mass is 16.3. The van der Waals surface area contributed by atoms with Gasteiger partial charge in [-0.1, -0.05) is 5.10 Å². The molecule has 2 rings (SSSR count). The molecule has 0 bridgehead atoms. The van der Waals surface area contributed by atoms with Gasteiger partial charge in [0.25, 0.3) is 5.95 Å². The van der Waals surface area contributed by atoms with Crippen LogP contribution in [0.3, 0.4) is 0 Å². The largest absolute Gasteiger partial charge is 0.369 e. The van der Waals surface area contributed by atoms with E-state index in [0.29, 0.717) is 5.95 Å². The second-order valence-electron chi connectivity index (χ2n) is 3.90. The SMILES string of the molecule is CC1=C(C)C(O)N(c2nnn(C)n2)C1C. The van der Waals surface area contributed by atoms with Crippen molar-refractivity contribution < 1.29 is 5.11 Å². The average molecular weight is 209 g/mol. The van der Waals surface area contributed by atoms with Crippen LogP contribution in [0.2, 0.25) is 0 Å². The zero-order valence-electron chi connectivity index (χ0n) is 9.34. The molecule has 0 radical (unpaired) electrons. The van der Waals surface area contributed by atoms with Crippen LogP contribution < -0.4 is 4.90 Å². The standard InChI is InChI=1S/C9H15N5O/c1-5-6(2)8(15)14(7(5)3)9-10-12-13(4)11-9/h7-8,15H,1-4H3. The summed E-state index contributed by atoms with van der Waals surface area (Å²) in [6.45, 7) is 5.96. The number of nitrogens with zero attached hydrogens (tertiary/aromatic N) is 5. The summed E-state index contributed by atoms with van der Waals surface area (Å²) in [4.78, 5) is 3.15. The van der Waals surface area contributed by atoms with Crippen molar-refractivity contribution in [3.63, 3.8) is 0 Å². The van der Waals surface area contributed by atoms with Gasteiger partial charge in [0.05, 0.1) is 13.1 Å². The average Bonchev–Trinajstić information content (AvgIpc) is 2.68. The molecule has 1 aliphatic rings. The summed E-state index contributed by atoms with van der Waals surface area (Å²) in [6, 6.07) is 0.115. The van der Waals surface area contributed by atoms with Gasteiger partial charge in [0.15, 0.2) is 6.23 Å². The molecule has 2 atom stereocenters. The molecule has 0 aliphatic carbocycles. The minimum absolute atomic E-state index is 0.115. The quantitative estimate of drug-likeness (QED) is 0.663. The topological polar surface area (TPSA) is 67.1 Å². The van der Waals surface area contributed by atoms with Gasteiger partial charge in [-0.2, -0.15) is 4.80 Å². The summed E-state index contributed by atoms with van der Waals surface area (Å²) in [5.41, 5.74) is 2.13. The number of anilines is 1. The molecule has 0 saturated heterocycles. The third kappa shape index (κ3) is 1.41. The molecule has 0 saturated carbocycles. The number of tetrazole rings is 1. The first-order chi connectivity index (χ1) is 7.02. The van der Waals surface area contributed by atoms with Crippen molar-refractivity contribution in [2.24, 2.45) is 7.05 Å². The highest BCUT2D eigenvalue weighted by Gasteiger charge is 2.35. The first-order valence-electron chi connectivity index (χ1n) is 4.90. The van der Waals surface area contributed by atoms with Crippen LogP contribution in [-0.4, -0.2) is 37.6 Å². The van der Waals surface area contributed by atoms with E-state index < -0.39 is 6.23 Å². The minimum Gasteiger partial charge on any atom is -0.369 e. The van der Waals surface area contributed by atoms with Gasteiger partial charge >= 0.3 is 0 Å². The Balaban J connectivity index is 2.34. The van der Waals surface area contributed by atoms with Crippen molar-refractivity contribution in [3.05, 3.63) is 11.1 Å². The fourth-order valence-electron chi connectivity index (χ4n) is 1.82. The lowest BCUT2D eigenvalue weighted by Crippen LogP contribution is -2.37. The molecule has 0 amide bonds. The lowest BCUT2D eigenvalue weighted by Gasteiger charge is -2.24. The molecular weight excluding hydrogens is 194 g/mol. The first-order valence-corrected chi connectivity index (χ1v) is 4.90. The van der Waals surface area contributed by atoms with Gasteiger partial charge in [0.1, 0.15) is 0 Å². The molecule has 0 aromatic carbocycles. The van der Waals surface area contributed by atoms with Crippen molar-refractivity contribution in [3.8, 4) is 0 Å². The highest BCUT2D eigenvalue weighted by Crippen LogP contribution is 2.30.